The van der Waals surface area contributed by atoms with Gasteiger partial charge in [-0.25, -0.2) is 5.26 Å². The van der Waals surface area contributed by atoms with Gasteiger partial charge in [0.05, 0.1) is 23.4 Å². The van der Waals surface area contributed by atoms with Gasteiger partial charge in [0, 0.05) is 15.7 Å². The van der Waals surface area contributed by atoms with Crippen LogP contribution in [0.4, 0.5) is 0 Å². The molecule has 0 amide bonds. The van der Waals surface area contributed by atoms with Crippen molar-refractivity contribution in [1.82, 2.24) is 30.0 Å². The zero-order chi connectivity index (χ0) is 32.8. The molecule has 0 aliphatic rings. The molecule has 2 aromatic heterocycles. The lowest BCUT2D eigenvalue weighted by Crippen LogP contribution is -2.05. The zero-order valence-corrected chi connectivity index (χ0v) is 26.2. The van der Waals surface area contributed by atoms with E-state index in [1.165, 1.54) is 15.7 Å². The summed E-state index contributed by atoms with van der Waals surface area (Å²) in [5.41, 5.74) is 4.52. The van der Waals surface area contributed by atoms with Crippen molar-refractivity contribution in [3.8, 4) is 11.4 Å². The Kier molecular flexibility index (Phi) is 7.44. The Bertz CT molecular complexity index is 2670. The van der Waals surface area contributed by atoms with Crippen LogP contribution in [-0.2, 0) is 19.5 Å². The predicted molar refractivity (Wildman–Crippen MR) is 182 cm³/mol. The largest absolute Gasteiger partial charge is 0.295 e. The van der Waals surface area contributed by atoms with Crippen LogP contribution < -0.4 is 0 Å². The van der Waals surface area contributed by atoms with Gasteiger partial charge in [-0.1, -0.05) is 90.0 Å². The quantitative estimate of drug-likeness (QED) is 0.0548. The first-order valence-electron chi connectivity index (χ1n) is 14.4. The molecule has 0 atom stereocenters. The second kappa shape index (κ2) is 12.0. The molecule has 8 aromatic rings. The van der Waals surface area contributed by atoms with Gasteiger partial charge in [-0.05, 0) is 58.3 Å². The topological polar surface area (TPSA) is 154 Å². The maximum Gasteiger partial charge on any atom is 0.295 e. The lowest BCUT2D eigenvalue weighted by Gasteiger charge is -2.08. The van der Waals surface area contributed by atoms with Gasteiger partial charge in [0.2, 0.25) is 0 Å². The molecule has 0 saturated carbocycles. The summed E-state index contributed by atoms with van der Waals surface area (Å²) in [5, 5.41) is 35.1. The standard InChI is InChI=1S/C34H22N6O6S2/c41-45-46-47-31-19-25(39-35-29-17-13-21-5-1-3-7-27(21)33(29)37-39)15-11-23(31)9-10-24-12-16-26(20-32(24)48(42,43)44)40-36-30-18-14-22-6-2-4-8-28(22)34(30)38-40/h1-20,41H,(H,42,43,44). The van der Waals surface area contributed by atoms with E-state index in [1.807, 2.05) is 72.8 Å². The smallest absolute Gasteiger partial charge is 0.282 e. The molecule has 0 fully saturated rings. The number of rotatable bonds is 8. The number of benzene rings is 6. The van der Waals surface area contributed by atoms with Crippen LogP contribution in [0.5, 0.6) is 0 Å². The number of hydrogen-bond acceptors (Lipinski definition) is 10. The van der Waals surface area contributed by atoms with Gasteiger partial charge in [0.15, 0.2) is 0 Å². The Labute approximate surface area is 276 Å². The van der Waals surface area contributed by atoms with Crippen molar-refractivity contribution in [2.24, 2.45) is 0 Å². The molecule has 0 radical (unpaired) electrons. The summed E-state index contributed by atoms with van der Waals surface area (Å²) in [7, 11) is -4.65. The van der Waals surface area contributed by atoms with Crippen molar-refractivity contribution < 1.29 is 27.6 Å². The fourth-order valence-electron chi connectivity index (χ4n) is 5.63. The molecular formula is C34H22N6O6S2. The van der Waals surface area contributed by atoms with E-state index in [0.29, 0.717) is 32.9 Å². The molecule has 0 saturated heterocycles. The van der Waals surface area contributed by atoms with Crippen LogP contribution in [0.2, 0.25) is 0 Å². The molecule has 0 unspecified atom stereocenters. The van der Waals surface area contributed by atoms with Gasteiger partial charge in [0.1, 0.15) is 27.0 Å². The van der Waals surface area contributed by atoms with Gasteiger partial charge in [-0.15, -0.1) is 24.7 Å². The highest BCUT2D eigenvalue weighted by Gasteiger charge is 2.18. The molecule has 8 rings (SSSR count). The SMILES string of the molecule is O=S(=O)(O)c1cc(-n2nc3ccc4ccccc4c3n2)ccc1C=Cc1ccc(-n2nc3ccc4ccccc4c3n2)cc1SOOO. The molecule has 0 aliphatic carbocycles. The highest BCUT2D eigenvalue weighted by atomic mass is 32.2. The number of aromatic nitrogens is 6. The minimum atomic E-state index is -4.65. The molecule has 236 valence electrons. The van der Waals surface area contributed by atoms with Crippen molar-refractivity contribution in [3.63, 3.8) is 0 Å². The molecule has 12 nitrogen and oxygen atoms in total. The third-order valence-electron chi connectivity index (χ3n) is 7.88. The van der Waals surface area contributed by atoms with Gasteiger partial charge in [-0.2, -0.15) is 18.0 Å². The Balaban J connectivity index is 1.15. The average molecular weight is 675 g/mol. The Hall–Kier alpha value is -5.48. The molecule has 6 aromatic carbocycles. The summed E-state index contributed by atoms with van der Waals surface area (Å²) in [6.07, 6.45) is 3.18. The maximum absolute atomic E-state index is 12.5. The molecule has 14 heteroatoms. The molecule has 0 aliphatic heterocycles. The molecule has 0 bridgehead atoms. The first kappa shape index (κ1) is 29.9. The second-order valence-electron chi connectivity index (χ2n) is 10.8. The van der Waals surface area contributed by atoms with Gasteiger partial charge in [-0.3, -0.25) is 4.55 Å². The molecular weight excluding hydrogens is 653 g/mol. The zero-order valence-electron chi connectivity index (χ0n) is 24.6. The first-order chi connectivity index (χ1) is 23.4. The highest BCUT2D eigenvalue weighted by Crippen LogP contribution is 2.31. The summed E-state index contributed by atoms with van der Waals surface area (Å²) in [5.74, 6) is 0. The van der Waals surface area contributed by atoms with Crippen molar-refractivity contribution in [3.05, 3.63) is 120 Å². The van der Waals surface area contributed by atoms with Crippen molar-refractivity contribution in [2.45, 2.75) is 9.79 Å². The van der Waals surface area contributed by atoms with E-state index in [1.54, 1.807) is 42.5 Å². The molecule has 2 heterocycles. The summed E-state index contributed by atoms with van der Waals surface area (Å²) in [4.78, 5) is 3.00. The third-order valence-corrected chi connectivity index (χ3v) is 9.46. The number of fused-ring (bicyclic) bond motifs is 6. The summed E-state index contributed by atoms with van der Waals surface area (Å²) < 4.78 is 40.0. The highest BCUT2D eigenvalue weighted by molar-refractivity contribution is 7.94. The minimum absolute atomic E-state index is 0.217. The normalized spacial score (nSPS) is 12.3. The minimum Gasteiger partial charge on any atom is -0.282 e. The Morgan fingerprint density at radius 1 is 0.646 bits per heavy atom. The van der Waals surface area contributed by atoms with Crippen LogP contribution in [0.1, 0.15) is 11.1 Å². The van der Waals surface area contributed by atoms with Crippen molar-refractivity contribution >= 4 is 77.9 Å². The van der Waals surface area contributed by atoms with E-state index in [2.05, 4.69) is 20.3 Å². The van der Waals surface area contributed by atoms with E-state index >= 15 is 0 Å². The lowest BCUT2D eigenvalue weighted by molar-refractivity contribution is -0.432. The van der Waals surface area contributed by atoms with E-state index < -0.39 is 10.1 Å². The van der Waals surface area contributed by atoms with Gasteiger partial charge >= 0.3 is 0 Å². The fourth-order valence-corrected chi connectivity index (χ4v) is 6.83. The Morgan fingerprint density at radius 3 is 1.77 bits per heavy atom. The van der Waals surface area contributed by atoms with Crippen LogP contribution in [0.15, 0.2) is 119 Å². The van der Waals surface area contributed by atoms with E-state index in [0.717, 1.165) is 44.6 Å². The van der Waals surface area contributed by atoms with Crippen LogP contribution in [0, 0.1) is 0 Å². The summed E-state index contributed by atoms with van der Waals surface area (Å²) in [6.45, 7) is 0. The van der Waals surface area contributed by atoms with E-state index in [4.69, 9.17) is 14.7 Å². The van der Waals surface area contributed by atoms with Crippen LogP contribution >= 0.6 is 12.0 Å². The predicted octanol–water partition coefficient (Wildman–Crippen LogP) is 7.31. The van der Waals surface area contributed by atoms with Gasteiger partial charge in [0.25, 0.3) is 10.1 Å². The third kappa shape index (κ3) is 5.47. The van der Waals surface area contributed by atoms with Crippen molar-refractivity contribution in [1.29, 1.82) is 0 Å². The summed E-state index contributed by atoms with van der Waals surface area (Å²) >= 11 is 0.733. The molecule has 48 heavy (non-hydrogen) atoms. The van der Waals surface area contributed by atoms with E-state index in [-0.39, 0.29) is 10.5 Å². The average Bonchev–Trinajstić information content (AvgIpc) is 3.75. The second-order valence-corrected chi connectivity index (χ2v) is 12.9. The summed E-state index contributed by atoms with van der Waals surface area (Å²) in [6, 6.07) is 33.2. The Morgan fingerprint density at radius 2 is 1.19 bits per heavy atom. The van der Waals surface area contributed by atoms with Crippen LogP contribution in [-0.4, -0.2) is 48.2 Å². The first-order valence-corrected chi connectivity index (χ1v) is 16.6. The van der Waals surface area contributed by atoms with Crippen LogP contribution in [0.3, 0.4) is 0 Å². The monoisotopic (exact) mass is 674 g/mol. The lowest BCUT2D eigenvalue weighted by atomic mass is 10.1. The van der Waals surface area contributed by atoms with Gasteiger partial charge < -0.3 is 0 Å². The van der Waals surface area contributed by atoms with E-state index in [9.17, 15) is 13.0 Å². The van der Waals surface area contributed by atoms with Crippen molar-refractivity contribution in [2.75, 3.05) is 0 Å². The van der Waals surface area contributed by atoms with Crippen LogP contribution in [0.25, 0.3) is 67.1 Å². The maximum atomic E-state index is 12.5. The number of hydrogen-bond donors (Lipinski definition) is 2. The number of nitrogens with zero attached hydrogens (tertiary/aromatic N) is 6. The molecule has 2 N–H and O–H groups in total. The fraction of sp³-hybridized carbons (Fsp3) is 0. The molecule has 0 spiro atoms.